The van der Waals surface area contributed by atoms with Crippen molar-refractivity contribution in [1.82, 2.24) is 15.0 Å². The van der Waals surface area contributed by atoms with Crippen LogP contribution < -0.4 is 26.0 Å². The van der Waals surface area contributed by atoms with Gasteiger partial charge in [0, 0.05) is 37.1 Å². The molecular formula is C24H28ClF2N7O3S. The van der Waals surface area contributed by atoms with Crippen LogP contribution in [0.1, 0.15) is 26.7 Å². The van der Waals surface area contributed by atoms with Gasteiger partial charge in [0.25, 0.3) is 0 Å². The number of hydrogen-bond acceptors (Lipinski definition) is 10. The number of benzene rings is 1. The third-order valence-electron chi connectivity index (χ3n) is 5.99. The fourth-order valence-electron chi connectivity index (χ4n) is 3.86. The standard InChI is InChI=1S/C24H28ClF2N7O3S/c1-14(2)38(35,36)22-19(4-3-9-29-22)31-21-17(25)13-30-24(33-21)32-18-6-5-16(12-20(18)37-23(26)27)34-10-7-15(28)8-11-34/h3-6,9,12-15,23H,7-8,10-11,28H2,1-2H3,(H2,30,31,32,33). The highest BCUT2D eigenvalue weighted by Gasteiger charge is 2.25. The molecule has 3 heterocycles. The summed E-state index contributed by atoms with van der Waals surface area (Å²) >= 11 is 6.27. The zero-order valence-electron chi connectivity index (χ0n) is 20.7. The molecule has 0 amide bonds. The Morgan fingerprint density at radius 1 is 1.13 bits per heavy atom. The van der Waals surface area contributed by atoms with Crippen LogP contribution in [0.4, 0.5) is 37.6 Å². The van der Waals surface area contributed by atoms with Gasteiger partial charge in [-0.15, -0.1) is 0 Å². The van der Waals surface area contributed by atoms with Gasteiger partial charge in [-0.25, -0.2) is 18.4 Å². The SMILES string of the molecule is CC(C)S(=O)(=O)c1ncccc1Nc1nc(Nc2ccc(N3CCC(N)CC3)cc2OC(F)F)ncc1Cl. The third kappa shape index (κ3) is 6.40. The molecular weight excluding hydrogens is 540 g/mol. The highest BCUT2D eigenvalue weighted by Crippen LogP contribution is 2.35. The second kappa shape index (κ2) is 11.6. The molecule has 204 valence electrons. The van der Waals surface area contributed by atoms with E-state index in [1.54, 1.807) is 32.0 Å². The van der Waals surface area contributed by atoms with Crippen molar-refractivity contribution in [2.24, 2.45) is 5.73 Å². The lowest BCUT2D eigenvalue weighted by molar-refractivity contribution is -0.0493. The Hall–Kier alpha value is -3.29. The van der Waals surface area contributed by atoms with Crippen LogP contribution in [0.3, 0.4) is 0 Å². The Morgan fingerprint density at radius 3 is 2.55 bits per heavy atom. The lowest BCUT2D eigenvalue weighted by Crippen LogP contribution is -2.39. The fraction of sp³-hybridized carbons (Fsp3) is 0.375. The second-order valence-electron chi connectivity index (χ2n) is 8.97. The predicted molar refractivity (Wildman–Crippen MR) is 143 cm³/mol. The number of hydrogen-bond donors (Lipinski definition) is 3. The van der Waals surface area contributed by atoms with Crippen molar-refractivity contribution in [3.8, 4) is 5.75 Å². The average Bonchev–Trinajstić information content (AvgIpc) is 2.87. The zero-order valence-corrected chi connectivity index (χ0v) is 22.3. The van der Waals surface area contributed by atoms with E-state index in [0.29, 0.717) is 13.1 Å². The first-order chi connectivity index (χ1) is 18.0. The Labute approximate surface area is 224 Å². The summed E-state index contributed by atoms with van der Waals surface area (Å²) in [7, 11) is -3.71. The number of nitrogens with one attached hydrogen (secondary N) is 2. The van der Waals surface area contributed by atoms with E-state index < -0.39 is 21.7 Å². The first-order valence-corrected chi connectivity index (χ1v) is 13.8. The fourth-order valence-corrected chi connectivity index (χ4v) is 5.08. The van der Waals surface area contributed by atoms with Crippen LogP contribution in [-0.2, 0) is 9.84 Å². The molecule has 1 aliphatic rings. The van der Waals surface area contributed by atoms with Gasteiger partial charge in [-0.3, -0.25) is 0 Å². The topological polar surface area (TPSA) is 135 Å². The van der Waals surface area contributed by atoms with Crippen LogP contribution in [-0.4, -0.2) is 54.4 Å². The summed E-state index contributed by atoms with van der Waals surface area (Å²) in [4.78, 5) is 14.5. The first-order valence-electron chi connectivity index (χ1n) is 11.9. The van der Waals surface area contributed by atoms with Gasteiger partial charge in [-0.1, -0.05) is 11.6 Å². The summed E-state index contributed by atoms with van der Waals surface area (Å²) in [5, 5.41) is 5.03. The largest absolute Gasteiger partial charge is 0.433 e. The molecule has 4 N–H and O–H groups in total. The van der Waals surface area contributed by atoms with Crippen molar-refractivity contribution < 1.29 is 21.9 Å². The van der Waals surface area contributed by atoms with Crippen molar-refractivity contribution in [3.05, 3.63) is 47.7 Å². The van der Waals surface area contributed by atoms with E-state index in [4.69, 9.17) is 22.1 Å². The molecule has 3 aromatic rings. The molecule has 0 saturated carbocycles. The number of rotatable bonds is 9. The van der Waals surface area contributed by atoms with Gasteiger partial charge in [-0.2, -0.15) is 13.8 Å². The first kappa shape index (κ1) is 27.7. The van der Waals surface area contributed by atoms with Crippen LogP contribution in [0.15, 0.2) is 47.8 Å². The van der Waals surface area contributed by atoms with E-state index in [1.807, 2.05) is 0 Å². The smallest absolute Gasteiger partial charge is 0.387 e. The molecule has 1 fully saturated rings. The molecule has 14 heteroatoms. The second-order valence-corrected chi connectivity index (χ2v) is 11.8. The summed E-state index contributed by atoms with van der Waals surface area (Å²) in [5.74, 6) is 0.0258. The van der Waals surface area contributed by atoms with Crippen LogP contribution >= 0.6 is 11.6 Å². The van der Waals surface area contributed by atoms with Crippen LogP contribution in [0.2, 0.25) is 5.02 Å². The lowest BCUT2D eigenvalue weighted by Gasteiger charge is -2.32. The summed E-state index contributed by atoms with van der Waals surface area (Å²) in [5.41, 5.74) is 7.09. The molecule has 2 aromatic heterocycles. The van der Waals surface area contributed by atoms with Gasteiger partial charge in [-0.05, 0) is 51.0 Å². The highest BCUT2D eigenvalue weighted by molar-refractivity contribution is 7.92. The molecule has 0 bridgehead atoms. The average molecular weight is 568 g/mol. The molecule has 0 spiro atoms. The Kier molecular flexibility index (Phi) is 8.48. The van der Waals surface area contributed by atoms with Crippen molar-refractivity contribution in [1.29, 1.82) is 0 Å². The van der Waals surface area contributed by atoms with E-state index in [1.165, 1.54) is 24.5 Å². The quantitative estimate of drug-likeness (QED) is 0.333. The van der Waals surface area contributed by atoms with Gasteiger partial charge < -0.3 is 26.0 Å². The lowest BCUT2D eigenvalue weighted by atomic mass is 10.1. The van der Waals surface area contributed by atoms with Crippen molar-refractivity contribution in [3.63, 3.8) is 0 Å². The number of ether oxygens (including phenoxy) is 1. The van der Waals surface area contributed by atoms with Crippen LogP contribution in [0, 0.1) is 0 Å². The Bertz CT molecular complexity index is 1390. The van der Waals surface area contributed by atoms with E-state index in [9.17, 15) is 17.2 Å². The Morgan fingerprint density at radius 2 is 1.87 bits per heavy atom. The van der Waals surface area contributed by atoms with Gasteiger partial charge in [0.05, 0.1) is 22.8 Å². The number of aromatic nitrogens is 3. The van der Waals surface area contributed by atoms with Crippen molar-refractivity contribution >= 4 is 50.3 Å². The molecule has 38 heavy (non-hydrogen) atoms. The monoisotopic (exact) mass is 567 g/mol. The number of alkyl halides is 2. The molecule has 1 saturated heterocycles. The third-order valence-corrected chi connectivity index (χ3v) is 8.37. The minimum Gasteiger partial charge on any atom is -0.433 e. The van der Waals surface area contributed by atoms with Crippen LogP contribution in [0.5, 0.6) is 5.75 Å². The predicted octanol–water partition coefficient (Wildman–Crippen LogP) is 4.72. The zero-order chi connectivity index (χ0) is 27.4. The number of nitrogens with zero attached hydrogens (tertiary/aromatic N) is 4. The summed E-state index contributed by atoms with van der Waals surface area (Å²) in [6.07, 6.45) is 4.28. The van der Waals surface area contributed by atoms with Crippen LogP contribution in [0.25, 0.3) is 0 Å². The van der Waals surface area contributed by atoms with E-state index in [-0.39, 0.29) is 45.0 Å². The summed E-state index contributed by atoms with van der Waals surface area (Å²) in [6.45, 7) is 1.48. The number of pyridine rings is 1. The van der Waals surface area contributed by atoms with Gasteiger partial charge in [0.1, 0.15) is 5.02 Å². The summed E-state index contributed by atoms with van der Waals surface area (Å²) < 4.78 is 56.7. The van der Waals surface area contributed by atoms with E-state index in [2.05, 4.69) is 30.5 Å². The van der Waals surface area contributed by atoms with Gasteiger partial charge in [0.2, 0.25) is 5.95 Å². The minimum absolute atomic E-state index is 0.0184. The maximum atomic E-state index is 13.2. The molecule has 1 aromatic carbocycles. The Balaban J connectivity index is 1.61. The molecule has 0 unspecified atom stereocenters. The normalized spacial score (nSPS) is 14.7. The molecule has 0 aliphatic carbocycles. The van der Waals surface area contributed by atoms with Gasteiger partial charge >= 0.3 is 6.61 Å². The maximum absolute atomic E-state index is 13.2. The molecule has 10 nitrogen and oxygen atoms in total. The number of halogens is 3. The molecule has 4 rings (SSSR count). The van der Waals surface area contributed by atoms with E-state index >= 15 is 0 Å². The summed E-state index contributed by atoms with van der Waals surface area (Å²) in [6, 6.07) is 8.14. The van der Waals surface area contributed by atoms with E-state index in [0.717, 1.165) is 18.5 Å². The number of sulfone groups is 1. The number of nitrogens with two attached hydrogens (primary N) is 1. The highest BCUT2D eigenvalue weighted by atomic mass is 35.5. The molecule has 0 radical (unpaired) electrons. The molecule has 1 aliphatic heterocycles. The van der Waals surface area contributed by atoms with Crippen molar-refractivity contribution in [2.75, 3.05) is 28.6 Å². The minimum atomic E-state index is -3.71. The number of anilines is 5. The molecule has 0 atom stereocenters. The maximum Gasteiger partial charge on any atom is 0.387 e. The van der Waals surface area contributed by atoms with Crippen molar-refractivity contribution in [2.45, 2.75) is 49.6 Å². The number of piperidine rings is 1. The van der Waals surface area contributed by atoms with Gasteiger partial charge in [0.15, 0.2) is 26.4 Å².